The summed E-state index contributed by atoms with van der Waals surface area (Å²) in [5.41, 5.74) is 1.21. The summed E-state index contributed by atoms with van der Waals surface area (Å²) < 4.78 is 45.3. The van der Waals surface area contributed by atoms with Gasteiger partial charge in [0.2, 0.25) is 5.91 Å². The fraction of sp³-hybridized carbons (Fsp3) is 0.0952. The molecule has 0 saturated carbocycles. The van der Waals surface area contributed by atoms with E-state index < -0.39 is 17.5 Å². The monoisotopic (exact) mass is 386 g/mol. The van der Waals surface area contributed by atoms with Gasteiger partial charge in [0.05, 0.1) is 12.2 Å². The van der Waals surface area contributed by atoms with E-state index in [2.05, 4.69) is 10.6 Å². The third kappa shape index (κ3) is 5.51. The van der Waals surface area contributed by atoms with Crippen LogP contribution in [0.15, 0.2) is 66.7 Å². The summed E-state index contributed by atoms with van der Waals surface area (Å²) in [4.78, 5) is 11.9. The molecule has 3 aromatic carbocycles. The Balaban J connectivity index is 1.53. The molecule has 0 spiro atoms. The number of halogens is 3. The zero-order valence-electron chi connectivity index (χ0n) is 14.7. The minimum absolute atomic E-state index is 0.141. The second kappa shape index (κ2) is 8.94. The Morgan fingerprint density at radius 2 is 1.64 bits per heavy atom. The molecule has 28 heavy (non-hydrogen) atoms. The Bertz CT molecular complexity index is 962. The van der Waals surface area contributed by atoms with E-state index in [1.54, 1.807) is 36.4 Å². The van der Waals surface area contributed by atoms with Gasteiger partial charge in [0.15, 0.2) is 0 Å². The van der Waals surface area contributed by atoms with Crippen molar-refractivity contribution in [1.82, 2.24) is 0 Å². The van der Waals surface area contributed by atoms with E-state index in [0.29, 0.717) is 11.4 Å². The maximum atomic E-state index is 13.6. The molecule has 0 unspecified atom stereocenters. The van der Waals surface area contributed by atoms with E-state index in [9.17, 15) is 18.0 Å². The summed E-state index contributed by atoms with van der Waals surface area (Å²) in [6.45, 7) is 0.125. The maximum absolute atomic E-state index is 13.6. The van der Waals surface area contributed by atoms with Gasteiger partial charge in [-0.3, -0.25) is 4.79 Å². The van der Waals surface area contributed by atoms with Crippen LogP contribution in [0.25, 0.3) is 0 Å². The largest absolute Gasteiger partial charge is 0.489 e. The Hall–Kier alpha value is -3.48. The Morgan fingerprint density at radius 3 is 2.43 bits per heavy atom. The second-order valence-corrected chi connectivity index (χ2v) is 5.97. The standard InChI is InChI=1S/C21H17F3N2O2/c22-15-6-4-14(5-7-15)13-28-18-3-1-2-17(11-18)25-12-21(27)26-20-10-16(23)8-9-19(20)24/h1-11,25H,12-13H2,(H,26,27). The number of hydrogen-bond donors (Lipinski definition) is 2. The number of hydrogen-bond acceptors (Lipinski definition) is 3. The van der Waals surface area contributed by atoms with Crippen LogP contribution in [0.2, 0.25) is 0 Å². The molecule has 0 atom stereocenters. The summed E-state index contributed by atoms with van der Waals surface area (Å²) in [7, 11) is 0. The van der Waals surface area contributed by atoms with Gasteiger partial charge in [-0.2, -0.15) is 0 Å². The van der Waals surface area contributed by atoms with Crippen LogP contribution in [0.5, 0.6) is 5.75 Å². The highest BCUT2D eigenvalue weighted by Crippen LogP contribution is 2.19. The van der Waals surface area contributed by atoms with Gasteiger partial charge in [-0.05, 0) is 42.0 Å². The molecule has 0 aliphatic heterocycles. The average molecular weight is 386 g/mol. The van der Waals surface area contributed by atoms with Crippen LogP contribution in [-0.2, 0) is 11.4 Å². The fourth-order valence-corrected chi connectivity index (χ4v) is 2.41. The van der Waals surface area contributed by atoms with E-state index in [1.807, 2.05) is 0 Å². The lowest BCUT2D eigenvalue weighted by Gasteiger charge is -2.11. The van der Waals surface area contributed by atoms with E-state index in [1.165, 1.54) is 12.1 Å². The highest BCUT2D eigenvalue weighted by molar-refractivity contribution is 5.93. The quantitative estimate of drug-likeness (QED) is 0.617. The Labute approximate surface area is 160 Å². The van der Waals surface area contributed by atoms with E-state index in [4.69, 9.17) is 4.74 Å². The van der Waals surface area contributed by atoms with E-state index in [0.717, 1.165) is 23.8 Å². The number of anilines is 2. The molecule has 3 aromatic rings. The van der Waals surface area contributed by atoms with Crippen molar-refractivity contribution in [1.29, 1.82) is 0 Å². The lowest BCUT2D eigenvalue weighted by atomic mass is 10.2. The van der Waals surface area contributed by atoms with Crippen LogP contribution >= 0.6 is 0 Å². The zero-order valence-corrected chi connectivity index (χ0v) is 14.7. The summed E-state index contributed by atoms with van der Waals surface area (Å²) in [6, 6.07) is 15.7. The van der Waals surface area contributed by atoms with Gasteiger partial charge in [0, 0.05) is 17.8 Å². The van der Waals surface area contributed by atoms with E-state index >= 15 is 0 Å². The first-order chi connectivity index (χ1) is 13.5. The van der Waals surface area contributed by atoms with Crippen molar-refractivity contribution < 1.29 is 22.7 Å². The highest BCUT2D eigenvalue weighted by Gasteiger charge is 2.08. The van der Waals surface area contributed by atoms with Crippen molar-refractivity contribution in [2.75, 3.05) is 17.2 Å². The van der Waals surface area contributed by atoms with Crippen molar-refractivity contribution in [2.45, 2.75) is 6.61 Å². The smallest absolute Gasteiger partial charge is 0.243 e. The van der Waals surface area contributed by atoms with Crippen LogP contribution in [0, 0.1) is 17.5 Å². The number of rotatable bonds is 7. The molecule has 0 aromatic heterocycles. The Kier molecular flexibility index (Phi) is 6.16. The van der Waals surface area contributed by atoms with Crippen LogP contribution in [-0.4, -0.2) is 12.5 Å². The lowest BCUT2D eigenvalue weighted by molar-refractivity contribution is -0.114. The van der Waals surface area contributed by atoms with Gasteiger partial charge in [-0.25, -0.2) is 13.2 Å². The molecular weight excluding hydrogens is 369 g/mol. The molecule has 1 amide bonds. The van der Waals surface area contributed by atoms with Crippen LogP contribution in [0.4, 0.5) is 24.5 Å². The minimum atomic E-state index is -0.717. The summed E-state index contributed by atoms with van der Waals surface area (Å²) >= 11 is 0. The number of amides is 1. The number of carbonyl (C=O) groups is 1. The van der Waals surface area contributed by atoms with Crippen LogP contribution < -0.4 is 15.4 Å². The third-order valence-electron chi connectivity index (χ3n) is 3.81. The van der Waals surface area contributed by atoms with Crippen molar-refractivity contribution in [3.8, 4) is 5.75 Å². The SMILES string of the molecule is O=C(CNc1cccc(OCc2ccc(F)cc2)c1)Nc1cc(F)ccc1F. The molecule has 0 saturated heterocycles. The summed E-state index contributed by atoms with van der Waals surface area (Å²) in [6.07, 6.45) is 0. The molecule has 3 rings (SSSR count). The van der Waals surface area contributed by atoms with Gasteiger partial charge in [0.25, 0.3) is 0 Å². The van der Waals surface area contributed by atoms with Gasteiger partial charge >= 0.3 is 0 Å². The first kappa shape index (κ1) is 19.3. The molecule has 0 heterocycles. The topological polar surface area (TPSA) is 50.4 Å². The Morgan fingerprint density at radius 1 is 0.893 bits per heavy atom. The van der Waals surface area contributed by atoms with E-state index in [-0.39, 0.29) is 24.7 Å². The molecule has 7 heteroatoms. The molecule has 2 N–H and O–H groups in total. The van der Waals surface area contributed by atoms with Crippen molar-refractivity contribution in [2.24, 2.45) is 0 Å². The lowest BCUT2D eigenvalue weighted by Crippen LogP contribution is -2.22. The average Bonchev–Trinajstić information content (AvgIpc) is 2.69. The van der Waals surface area contributed by atoms with Crippen LogP contribution in [0.3, 0.4) is 0 Å². The molecule has 0 radical (unpaired) electrons. The number of carbonyl (C=O) groups excluding carboxylic acids is 1. The van der Waals surface area contributed by atoms with Crippen molar-refractivity contribution in [3.63, 3.8) is 0 Å². The number of benzene rings is 3. The van der Waals surface area contributed by atoms with Gasteiger partial charge < -0.3 is 15.4 Å². The first-order valence-electron chi connectivity index (χ1n) is 8.46. The molecule has 0 fully saturated rings. The molecular formula is C21H17F3N2O2. The molecule has 0 aliphatic rings. The zero-order chi connectivity index (χ0) is 19.9. The summed E-state index contributed by atoms with van der Waals surface area (Å²) in [5, 5.41) is 5.20. The van der Waals surface area contributed by atoms with Crippen LogP contribution in [0.1, 0.15) is 5.56 Å². The highest BCUT2D eigenvalue weighted by atomic mass is 19.1. The molecule has 144 valence electrons. The van der Waals surface area contributed by atoms with Gasteiger partial charge in [-0.1, -0.05) is 18.2 Å². The van der Waals surface area contributed by atoms with Crippen molar-refractivity contribution in [3.05, 3.63) is 89.7 Å². The third-order valence-corrected chi connectivity index (χ3v) is 3.81. The van der Waals surface area contributed by atoms with Gasteiger partial charge in [0.1, 0.15) is 29.8 Å². The number of nitrogens with one attached hydrogen (secondary N) is 2. The summed E-state index contributed by atoms with van der Waals surface area (Å²) in [5.74, 6) is -1.64. The normalized spacial score (nSPS) is 10.4. The fourth-order valence-electron chi connectivity index (χ4n) is 2.41. The predicted molar refractivity (Wildman–Crippen MR) is 101 cm³/mol. The minimum Gasteiger partial charge on any atom is -0.489 e. The maximum Gasteiger partial charge on any atom is 0.243 e. The molecule has 0 bridgehead atoms. The van der Waals surface area contributed by atoms with Gasteiger partial charge in [-0.15, -0.1) is 0 Å². The molecule has 0 aliphatic carbocycles. The molecule has 4 nitrogen and oxygen atoms in total. The predicted octanol–water partition coefficient (Wildman–Crippen LogP) is 4.73. The number of ether oxygens (including phenoxy) is 1. The van der Waals surface area contributed by atoms with Crippen molar-refractivity contribution >= 4 is 17.3 Å². The second-order valence-electron chi connectivity index (χ2n) is 5.97. The first-order valence-corrected chi connectivity index (χ1v) is 8.46.